The lowest BCUT2D eigenvalue weighted by Crippen LogP contribution is -2.24. The predicted molar refractivity (Wildman–Crippen MR) is 127 cm³/mol. The molecule has 3 aromatic rings. The number of hydrogen-bond donors (Lipinski definition) is 1. The first kappa shape index (κ1) is 24.2. The highest BCUT2D eigenvalue weighted by atomic mass is 16.5. The summed E-state index contributed by atoms with van der Waals surface area (Å²) in [5.41, 5.74) is 1.86. The first-order valence-corrected chi connectivity index (χ1v) is 11.1. The molecule has 0 bridgehead atoms. The van der Waals surface area contributed by atoms with Crippen molar-refractivity contribution >= 4 is 5.91 Å². The van der Waals surface area contributed by atoms with E-state index in [-0.39, 0.29) is 12.5 Å². The van der Waals surface area contributed by atoms with E-state index in [9.17, 15) is 4.79 Å². The molecule has 0 aliphatic rings. The van der Waals surface area contributed by atoms with Crippen molar-refractivity contribution in [1.82, 2.24) is 10.3 Å². The molecule has 7 nitrogen and oxygen atoms in total. The van der Waals surface area contributed by atoms with Crippen molar-refractivity contribution in [3.8, 4) is 28.7 Å². The van der Waals surface area contributed by atoms with Gasteiger partial charge < -0.3 is 23.9 Å². The molecule has 3 rings (SSSR count). The number of rotatable bonds is 11. The van der Waals surface area contributed by atoms with E-state index in [4.69, 9.17) is 18.6 Å². The van der Waals surface area contributed by atoms with Crippen molar-refractivity contribution in [3.63, 3.8) is 0 Å². The molecule has 2 aromatic carbocycles. The van der Waals surface area contributed by atoms with Crippen LogP contribution in [0.5, 0.6) is 17.2 Å². The topological polar surface area (TPSA) is 82.8 Å². The summed E-state index contributed by atoms with van der Waals surface area (Å²) in [5, 5.41) is 2.88. The molecule has 1 amide bonds. The van der Waals surface area contributed by atoms with Crippen LogP contribution in [0.25, 0.3) is 11.5 Å². The molecular formula is C26H32N2O5. The zero-order valence-electron chi connectivity index (χ0n) is 19.9. The first-order chi connectivity index (χ1) is 15.9. The normalized spacial score (nSPS) is 11.0. The number of carbonyl (C=O) groups excluding carboxylic acids is 1. The lowest BCUT2D eigenvalue weighted by Gasteiger charge is -2.13. The minimum atomic E-state index is -0.229. The highest BCUT2D eigenvalue weighted by Gasteiger charge is 2.15. The largest absolute Gasteiger partial charge is 0.493 e. The summed E-state index contributed by atoms with van der Waals surface area (Å²) in [4.78, 5) is 17.2. The molecule has 0 fully saturated rings. The van der Waals surface area contributed by atoms with Gasteiger partial charge in [0.25, 0.3) is 5.91 Å². The van der Waals surface area contributed by atoms with E-state index in [2.05, 4.69) is 38.0 Å². The van der Waals surface area contributed by atoms with Crippen LogP contribution in [0.15, 0.2) is 53.1 Å². The third-order valence-corrected chi connectivity index (χ3v) is 4.67. The number of aromatic nitrogens is 1. The third kappa shape index (κ3) is 6.75. The lowest BCUT2D eigenvalue weighted by atomic mass is 10.2. The first-order valence-electron chi connectivity index (χ1n) is 11.1. The van der Waals surface area contributed by atoms with Crippen LogP contribution in [-0.4, -0.2) is 31.2 Å². The van der Waals surface area contributed by atoms with Crippen molar-refractivity contribution in [2.45, 2.75) is 34.2 Å². The fourth-order valence-corrected chi connectivity index (χ4v) is 3.00. The van der Waals surface area contributed by atoms with Crippen LogP contribution >= 0.6 is 0 Å². The third-order valence-electron chi connectivity index (χ3n) is 4.67. The number of nitrogens with one attached hydrogen (secondary N) is 1. The molecule has 0 radical (unpaired) electrons. The molecule has 1 aromatic heterocycles. The van der Waals surface area contributed by atoms with E-state index in [0.29, 0.717) is 59.4 Å². The number of methoxy groups -OCH3 is 1. The smallest absolute Gasteiger partial charge is 0.255 e. The van der Waals surface area contributed by atoms with Gasteiger partial charge in [0.05, 0.1) is 38.1 Å². The minimum absolute atomic E-state index is 0.229. The summed E-state index contributed by atoms with van der Waals surface area (Å²) in [5.74, 6) is 2.81. The summed E-state index contributed by atoms with van der Waals surface area (Å²) in [7, 11) is 1.61. The maximum atomic E-state index is 12.7. The summed E-state index contributed by atoms with van der Waals surface area (Å²) < 4.78 is 22.7. The Labute approximate surface area is 195 Å². The Balaban J connectivity index is 1.67. The molecule has 0 spiro atoms. The Bertz CT molecular complexity index is 1060. The highest BCUT2D eigenvalue weighted by Crippen LogP contribution is 2.32. The van der Waals surface area contributed by atoms with E-state index >= 15 is 0 Å². The van der Waals surface area contributed by atoms with Gasteiger partial charge in [0.1, 0.15) is 12.0 Å². The maximum Gasteiger partial charge on any atom is 0.255 e. The Hall–Kier alpha value is -3.48. The van der Waals surface area contributed by atoms with Gasteiger partial charge >= 0.3 is 0 Å². The van der Waals surface area contributed by atoms with Crippen molar-refractivity contribution in [3.05, 3.63) is 60.0 Å². The molecule has 1 N–H and O–H groups in total. The molecule has 0 saturated carbocycles. The fraction of sp³-hybridized carbons (Fsp3) is 0.385. The molecule has 0 atom stereocenters. The monoisotopic (exact) mass is 452 g/mol. The molecule has 7 heteroatoms. The van der Waals surface area contributed by atoms with Gasteiger partial charge in [-0.05, 0) is 42.2 Å². The molecule has 0 saturated heterocycles. The number of hydrogen-bond acceptors (Lipinski definition) is 6. The van der Waals surface area contributed by atoms with Crippen LogP contribution in [0, 0.1) is 11.8 Å². The Morgan fingerprint density at radius 2 is 1.67 bits per heavy atom. The zero-order valence-corrected chi connectivity index (χ0v) is 19.9. The van der Waals surface area contributed by atoms with Gasteiger partial charge in [-0.15, -0.1) is 0 Å². The molecular weight excluding hydrogens is 420 g/mol. The van der Waals surface area contributed by atoms with Crippen molar-refractivity contribution in [1.29, 1.82) is 0 Å². The molecule has 1 heterocycles. The van der Waals surface area contributed by atoms with Crippen molar-refractivity contribution < 1.29 is 23.4 Å². The van der Waals surface area contributed by atoms with Gasteiger partial charge in [0.15, 0.2) is 11.5 Å². The molecule has 0 unspecified atom stereocenters. The van der Waals surface area contributed by atoms with Gasteiger partial charge in [-0.3, -0.25) is 4.79 Å². The van der Waals surface area contributed by atoms with Crippen LogP contribution in [0.1, 0.15) is 43.7 Å². The second-order valence-electron chi connectivity index (χ2n) is 8.60. The maximum absolute atomic E-state index is 12.7. The summed E-state index contributed by atoms with van der Waals surface area (Å²) in [6.45, 7) is 9.64. The van der Waals surface area contributed by atoms with Gasteiger partial charge in [-0.2, -0.15) is 0 Å². The van der Waals surface area contributed by atoms with Crippen molar-refractivity contribution in [2.75, 3.05) is 20.3 Å². The molecule has 33 heavy (non-hydrogen) atoms. The van der Waals surface area contributed by atoms with Crippen molar-refractivity contribution in [2.24, 2.45) is 11.8 Å². The molecule has 0 aliphatic carbocycles. The predicted octanol–water partition coefficient (Wildman–Crippen LogP) is 5.35. The van der Waals surface area contributed by atoms with Crippen LogP contribution in [-0.2, 0) is 6.54 Å². The Kier molecular flexibility index (Phi) is 8.35. The van der Waals surface area contributed by atoms with E-state index in [0.717, 1.165) is 5.56 Å². The standard InChI is InChI=1S/C26H32N2O5/c1-17(2)14-31-22-9-7-6-8-21(22)25(29)27-13-20-16-33-26(28-20)19-10-11-23(30-5)24(12-19)32-15-18(3)4/h6-12,16-18H,13-15H2,1-5H3,(H,27,29). The number of benzene rings is 2. The van der Waals surface area contributed by atoms with Gasteiger partial charge in [-0.25, -0.2) is 4.98 Å². The van der Waals surface area contributed by atoms with E-state index in [1.54, 1.807) is 19.2 Å². The van der Waals surface area contributed by atoms with Crippen LogP contribution < -0.4 is 19.5 Å². The van der Waals surface area contributed by atoms with Gasteiger partial charge in [0.2, 0.25) is 5.89 Å². The number of amides is 1. The average molecular weight is 453 g/mol. The average Bonchev–Trinajstić information content (AvgIpc) is 3.29. The number of oxazole rings is 1. The Morgan fingerprint density at radius 3 is 2.36 bits per heavy atom. The summed E-state index contributed by atoms with van der Waals surface area (Å²) in [6.07, 6.45) is 1.54. The second kappa shape index (κ2) is 11.4. The van der Waals surface area contributed by atoms with Crippen LogP contribution in [0.4, 0.5) is 0 Å². The number of carbonyl (C=O) groups is 1. The summed E-state index contributed by atoms with van der Waals surface area (Å²) >= 11 is 0. The molecule has 176 valence electrons. The zero-order chi connectivity index (χ0) is 23.8. The van der Waals surface area contributed by atoms with Crippen LogP contribution in [0.2, 0.25) is 0 Å². The quantitative estimate of drug-likeness (QED) is 0.422. The highest BCUT2D eigenvalue weighted by molar-refractivity contribution is 5.96. The number of para-hydroxylation sites is 1. The fourth-order valence-electron chi connectivity index (χ4n) is 3.00. The van der Waals surface area contributed by atoms with E-state index < -0.39 is 0 Å². The van der Waals surface area contributed by atoms with Gasteiger partial charge in [0, 0.05) is 5.56 Å². The number of nitrogens with zero attached hydrogens (tertiary/aromatic N) is 1. The molecule has 0 aliphatic heterocycles. The summed E-state index contributed by atoms with van der Waals surface area (Å²) in [6, 6.07) is 12.7. The van der Waals surface area contributed by atoms with Crippen LogP contribution in [0.3, 0.4) is 0 Å². The van der Waals surface area contributed by atoms with E-state index in [1.165, 1.54) is 6.26 Å². The SMILES string of the molecule is COc1ccc(-c2nc(CNC(=O)c3ccccc3OCC(C)C)co2)cc1OCC(C)C. The minimum Gasteiger partial charge on any atom is -0.493 e. The van der Waals surface area contributed by atoms with E-state index in [1.807, 2.05) is 30.3 Å². The number of ether oxygens (including phenoxy) is 3. The Morgan fingerprint density at radius 1 is 0.970 bits per heavy atom. The van der Waals surface area contributed by atoms with Gasteiger partial charge in [-0.1, -0.05) is 39.8 Å². The lowest BCUT2D eigenvalue weighted by molar-refractivity contribution is 0.0945. The second-order valence-corrected chi connectivity index (χ2v) is 8.60.